The summed E-state index contributed by atoms with van der Waals surface area (Å²) < 4.78 is 0. The molecule has 100 valence electrons. The van der Waals surface area contributed by atoms with E-state index in [4.69, 9.17) is 5.73 Å². The molecule has 0 unspecified atom stereocenters. The molecular formula is C15H25N3. The minimum absolute atomic E-state index is 0.801. The Morgan fingerprint density at radius 1 is 1.33 bits per heavy atom. The van der Waals surface area contributed by atoms with E-state index in [0.717, 1.165) is 36.1 Å². The van der Waals surface area contributed by atoms with Gasteiger partial charge in [-0.3, -0.25) is 0 Å². The molecule has 1 aromatic rings. The Balaban J connectivity index is 1.75. The highest BCUT2D eigenvalue weighted by atomic mass is 15.1. The highest BCUT2D eigenvalue weighted by Crippen LogP contribution is 2.22. The van der Waals surface area contributed by atoms with Crippen LogP contribution in [0.5, 0.6) is 0 Å². The number of likely N-dealkylation sites (N-methyl/N-ethyl adjacent to an activating group) is 1. The number of nitrogens with zero attached hydrogens (tertiary/aromatic N) is 1. The Hall–Kier alpha value is -1.22. The molecule has 1 aliphatic carbocycles. The lowest BCUT2D eigenvalue weighted by molar-refractivity contribution is 0.254. The Morgan fingerprint density at radius 3 is 2.72 bits per heavy atom. The van der Waals surface area contributed by atoms with E-state index in [1.807, 2.05) is 13.0 Å². The third kappa shape index (κ3) is 3.39. The van der Waals surface area contributed by atoms with Gasteiger partial charge in [0.15, 0.2) is 0 Å². The first-order valence-corrected chi connectivity index (χ1v) is 6.97. The lowest BCUT2D eigenvalue weighted by Gasteiger charge is -2.24. The standard InChI is InChI=1S/C15H25N3/c1-12-7-8-13(11-15(12)16)17-9-10-18(2)14-5-3-4-6-14/h7-8,11,14,17H,3-6,9-10,16H2,1-2H3. The predicted octanol–water partition coefficient (Wildman–Crippen LogP) is 2.86. The van der Waals surface area contributed by atoms with Gasteiger partial charge >= 0.3 is 0 Å². The third-order valence-corrected chi connectivity index (χ3v) is 4.02. The summed E-state index contributed by atoms with van der Waals surface area (Å²) in [5, 5.41) is 3.45. The van der Waals surface area contributed by atoms with Gasteiger partial charge in [0.2, 0.25) is 0 Å². The summed E-state index contributed by atoms with van der Waals surface area (Å²) in [6.07, 6.45) is 5.54. The van der Waals surface area contributed by atoms with Gasteiger partial charge < -0.3 is 16.0 Å². The SMILES string of the molecule is Cc1ccc(NCCN(C)C2CCCC2)cc1N. The van der Waals surface area contributed by atoms with Crippen LogP contribution in [-0.4, -0.2) is 31.1 Å². The molecule has 3 nitrogen and oxygen atoms in total. The zero-order valence-corrected chi connectivity index (χ0v) is 11.6. The Kier molecular flexibility index (Phi) is 4.48. The van der Waals surface area contributed by atoms with Crippen molar-refractivity contribution in [3.05, 3.63) is 23.8 Å². The first-order valence-electron chi connectivity index (χ1n) is 6.97. The molecule has 3 N–H and O–H groups in total. The van der Waals surface area contributed by atoms with Crippen molar-refractivity contribution in [1.82, 2.24) is 4.90 Å². The second kappa shape index (κ2) is 6.10. The van der Waals surface area contributed by atoms with Gasteiger partial charge in [-0.15, -0.1) is 0 Å². The van der Waals surface area contributed by atoms with Crippen molar-refractivity contribution in [3.63, 3.8) is 0 Å². The number of nitrogens with one attached hydrogen (secondary N) is 1. The van der Waals surface area contributed by atoms with Crippen molar-refractivity contribution >= 4 is 11.4 Å². The topological polar surface area (TPSA) is 41.3 Å². The highest BCUT2D eigenvalue weighted by molar-refractivity contribution is 5.58. The number of benzene rings is 1. The number of aryl methyl sites for hydroxylation is 1. The Morgan fingerprint density at radius 2 is 2.06 bits per heavy atom. The maximum Gasteiger partial charge on any atom is 0.0364 e. The van der Waals surface area contributed by atoms with Gasteiger partial charge in [0.1, 0.15) is 0 Å². The fourth-order valence-corrected chi connectivity index (χ4v) is 2.65. The predicted molar refractivity (Wildman–Crippen MR) is 79.0 cm³/mol. The smallest absolute Gasteiger partial charge is 0.0364 e. The average molecular weight is 247 g/mol. The molecule has 0 radical (unpaired) electrons. The number of hydrogen-bond donors (Lipinski definition) is 2. The molecule has 0 bridgehead atoms. The van der Waals surface area contributed by atoms with Crippen LogP contribution in [0, 0.1) is 6.92 Å². The fraction of sp³-hybridized carbons (Fsp3) is 0.600. The number of rotatable bonds is 5. The molecule has 18 heavy (non-hydrogen) atoms. The first kappa shape index (κ1) is 13.2. The molecule has 0 aromatic heterocycles. The molecular weight excluding hydrogens is 222 g/mol. The van der Waals surface area contributed by atoms with Crippen LogP contribution in [0.2, 0.25) is 0 Å². The normalized spacial score (nSPS) is 16.4. The number of nitrogen functional groups attached to an aromatic ring is 1. The van der Waals surface area contributed by atoms with Gasteiger partial charge in [-0.05, 0) is 44.5 Å². The van der Waals surface area contributed by atoms with E-state index in [-0.39, 0.29) is 0 Å². The third-order valence-electron chi connectivity index (χ3n) is 4.02. The number of nitrogens with two attached hydrogens (primary N) is 1. The fourth-order valence-electron chi connectivity index (χ4n) is 2.65. The van der Waals surface area contributed by atoms with Gasteiger partial charge in [0.25, 0.3) is 0 Å². The van der Waals surface area contributed by atoms with Gasteiger partial charge in [-0.2, -0.15) is 0 Å². The Labute approximate surface area is 110 Å². The van der Waals surface area contributed by atoms with Gasteiger partial charge in [-0.25, -0.2) is 0 Å². The monoisotopic (exact) mass is 247 g/mol. The first-order chi connectivity index (χ1) is 8.66. The maximum absolute atomic E-state index is 5.90. The minimum atomic E-state index is 0.801. The quantitative estimate of drug-likeness (QED) is 0.786. The van der Waals surface area contributed by atoms with E-state index in [1.54, 1.807) is 0 Å². The molecule has 0 spiro atoms. The summed E-state index contributed by atoms with van der Waals surface area (Å²) in [5.41, 5.74) is 9.03. The zero-order chi connectivity index (χ0) is 13.0. The maximum atomic E-state index is 5.90. The van der Waals surface area contributed by atoms with E-state index in [2.05, 4.69) is 29.4 Å². The van der Waals surface area contributed by atoms with Crippen LogP contribution in [0.3, 0.4) is 0 Å². The van der Waals surface area contributed by atoms with Crippen LogP contribution >= 0.6 is 0 Å². The van der Waals surface area contributed by atoms with Crippen molar-refractivity contribution in [3.8, 4) is 0 Å². The molecule has 2 rings (SSSR count). The van der Waals surface area contributed by atoms with Crippen molar-refractivity contribution < 1.29 is 0 Å². The molecule has 0 amide bonds. The number of hydrogen-bond acceptors (Lipinski definition) is 3. The molecule has 0 heterocycles. The summed E-state index contributed by atoms with van der Waals surface area (Å²) in [4.78, 5) is 2.48. The molecule has 1 aromatic carbocycles. The van der Waals surface area contributed by atoms with Gasteiger partial charge in [-0.1, -0.05) is 18.9 Å². The second-order valence-corrected chi connectivity index (χ2v) is 5.42. The van der Waals surface area contributed by atoms with Crippen LogP contribution in [0.25, 0.3) is 0 Å². The van der Waals surface area contributed by atoms with E-state index in [1.165, 1.54) is 25.7 Å². The van der Waals surface area contributed by atoms with Crippen molar-refractivity contribution in [2.24, 2.45) is 0 Å². The van der Waals surface area contributed by atoms with Crippen LogP contribution in [0.1, 0.15) is 31.2 Å². The molecule has 0 saturated heterocycles. The molecule has 0 aliphatic heterocycles. The summed E-state index contributed by atoms with van der Waals surface area (Å²) >= 11 is 0. The summed E-state index contributed by atoms with van der Waals surface area (Å²) in [7, 11) is 2.24. The van der Waals surface area contributed by atoms with Crippen LogP contribution < -0.4 is 11.1 Å². The van der Waals surface area contributed by atoms with Gasteiger partial charge in [0, 0.05) is 30.5 Å². The van der Waals surface area contributed by atoms with Crippen molar-refractivity contribution in [1.29, 1.82) is 0 Å². The summed E-state index contributed by atoms with van der Waals surface area (Å²) in [6, 6.07) is 6.99. The molecule has 1 aliphatic rings. The summed E-state index contributed by atoms with van der Waals surface area (Å²) in [6.45, 7) is 4.11. The molecule has 3 heteroatoms. The van der Waals surface area contributed by atoms with Crippen LogP contribution in [0.4, 0.5) is 11.4 Å². The van der Waals surface area contributed by atoms with E-state index in [9.17, 15) is 0 Å². The lowest BCUT2D eigenvalue weighted by Crippen LogP contribution is -2.33. The van der Waals surface area contributed by atoms with E-state index < -0.39 is 0 Å². The Bertz CT molecular complexity index is 383. The largest absolute Gasteiger partial charge is 0.398 e. The highest BCUT2D eigenvalue weighted by Gasteiger charge is 2.18. The second-order valence-electron chi connectivity index (χ2n) is 5.42. The van der Waals surface area contributed by atoms with Crippen molar-refractivity contribution in [2.75, 3.05) is 31.2 Å². The van der Waals surface area contributed by atoms with E-state index >= 15 is 0 Å². The van der Waals surface area contributed by atoms with E-state index in [0.29, 0.717) is 0 Å². The lowest BCUT2D eigenvalue weighted by atomic mass is 10.2. The number of anilines is 2. The van der Waals surface area contributed by atoms with Crippen molar-refractivity contribution in [2.45, 2.75) is 38.6 Å². The average Bonchev–Trinajstić information content (AvgIpc) is 2.87. The van der Waals surface area contributed by atoms with Crippen LogP contribution in [-0.2, 0) is 0 Å². The molecule has 1 fully saturated rings. The summed E-state index contributed by atoms with van der Waals surface area (Å²) in [5.74, 6) is 0. The molecule has 0 atom stereocenters. The zero-order valence-electron chi connectivity index (χ0n) is 11.6. The minimum Gasteiger partial charge on any atom is -0.398 e. The van der Waals surface area contributed by atoms with Gasteiger partial charge in [0.05, 0.1) is 0 Å². The van der Waals surface area contributed by atoms with Crippen LogP contribution in [0.15, 0.2) is 18.2 Å². The molecule has 1 saturated carbocycles.